The molecule has 0 heterocycles. The lowest BCUT2D eigenvalue weighted by molar-refractivity contribution is -0.116. The van der Waals surface area contributed by atoms with E-state index in [1.165, 1.54) is 6.08 Å². The third kappa shape index (κ3) is 5.88. The molecule has 6 heteroatoms. The van der Waals surface area contributed by atoms with Crippen LogP contribution >= 0.6 is 15.9 Å². The summed E-state index contributed by atoms with van der Waals surface area (Å²) in [6.45, 7) is 3.91. The number of nitrogens with one attached hydrogen (secondary N) is 1. The Bertz CT molecular complexity index is 578. The minimum atomic E-state index is -3.34. The van der Waals surface area contributed by atoms with Crippen LogP contribution in [-0.4, -0.2) is 31.4 Å². The molecule has 0 aliphatic rings. The molecule has 20 heavy (non-hydrogen) atoms. The van der Waals surface area contributed by atoms with Crippen LogP contribution in [-0.2, 0) is 14.6 Å². The third-order valence-corrected chi connectivity index (χ3v) is 5.33. The first-order valence-corrected chi connectivity index (χ1v) is 8.72. The number of alkyl halides is 1. The van der Waals surface area contributed by atoms with Crippen LogP contribution in [0.3, 0.4) is 0 Å². The molecule has 1 amide bonds. The van der Waals surface area contributed by atoms with Crippen molar-refractivity contribution in [2.24, 2.45) is 0 Å². The quantitative estimate of drug-likeness (QED) is 0.626. The number of rotatable bonds is 6. The third-order valence-electron chi connectivity index (χ3n) is 2.42. The highest BCUT2D eigenvalue weighted by Gasteiger charge is 2.19. The molecule has 1 rings (SSSR count). The Hall–Kier alpha value is -1.14. The van der Waals surface area contributed by atoms with Crippen molar-refractivity contribution in [3.63, 3.8) is 0 Å². The smallest absolute Gasteiger partial charge is 0.243 e. The minimum absolute atomic E-state index is 0.0634. The molecule has 0 radical (unpaired) electrons. The number of hydrogen-bond donors (Lipinski definition) is 1. The second-order valence-electron chi connectivity index (χ2n) is 4.66. The Morgan fingerprint density at radius 2 is 1.90 bits per heavy atom. The zero-order valence-electron chi connectivity index (χ0n) is 11.5. The Labute approximate surface area is 128 Å². The van der Waals surface area contributed by atoms with Gasteiger partial charge in [0.1, 0.15) is 0 Å². The van der Waals surface area contributed by atoms with Crippen molar-refractivity contribution < 1.29 is 13.2 Å². The zero-order chi connectivity index (χ0) is 15.2. The van der Waals surface area contributed by atoms with Gasteiger partial charge in [0, 0.05) is 17.4 Å². The Morgan fingerprint density at radius 1 is 1.30 bits per heavy atom. The predicted molar refractivity (Wildman–Crippen MR) is 83.7 cm³/mol. The highest BCUT2D eigenvalue weighted by molar-refractivity contribution is 9.09. The average molecular weight is 360 g/mol. The average Bonchev–Trinajstić information content (AvgIpc) is 2.36. The molecule has 4 nitrogen and oxygen atoms in total. The number of amides is 1. The normalized spacial score (nSPS) is 12.6. The summed E-state index contributed by atoms with van der Waals surface area (Å²) in [5.74, 6) is -0.280. The molecular weight excluding hydrogens is 342 g/mol. The molecule has 1 unspecified atom stereocenters. The van der Waals surface area contributed by atoms with Gasteiger partial charge in [-0.05, 0) is 26.0 Å². The van der Waals surface area contributed by atoms with Gasteiger partial charge in [-0.15, -0.1) is 0 Å². The van der Waals surface area contributed by atoms with E-state index in [1.807, 2.05) is 13.8 Å². The zero-order valence-corrected chi connectivity index (χ0v) is 13.9. The SMILES string of the molecule is CC(C)=CC(=O)NCC(Br)CS(=O)(=O)c1ccccc1. The fourth-order valence-corrected chi connectivity index (χ4v) is 4.11. The maximum Gasteiger partial charge on any atom is 0.243 e. The summed E-state index contributed by atoms with van der Waals surface area (Å²) in [5, 5.41) is 2.66. The van der Waals surface area contributed by atoms with E-state index in [9.17, 15) is 13.2 Å². The number of halogens is 1. The molecule has 0 spiro atoms. The summed E-state index contributed by atoms with van der Waals surface area (Å²) >= 11 is 3.29. The number of sulfone groups is 1. The fraction of sp³-hybridized carbons (Fsp3) is 0.357. The van der Waals surface area contributed by atoms with Crippen molar-refractivity contribution >= 4 is 31.7 Å². The monoisotopic (exact) mass is 359 g/mol. The van der Waals surface area contributed by atoms with Gasteiger partial charge in [0.15, 0.2) is 9.84 Å². The molecule has 0 aromatic heterocycles. The number of benzene rings is 1. The van der Waals surface area contributed by atoms with Gasteiger partial charge in [0.05, 0.1) is 10.6 Å². The Balaban J connectivity index is 2.57. The van der Waals surface area contributed by atoms with E-state index >= 15 is 0 Å². The Kier molecular flexibility index (Phi) is 6.42. The fourth-order valence-electron chi connectivity index (χ4n) is 1.55. The van der Waals surface area contributed by atoms with Gasteiger partial charge in [-0.25, -0.2) is 8.42 Å². The molecule has 1 N–H and O–H groups in total. The largest absolute Gasteiger partial charge is 0.351 e. The van der Waals surface area contributed by atoms with E-state index in [4.69, 9.17) is 0 Å². The molecule has 0 saturated carbocycles. The van der Waals surface area contributed by atoms with Gasteiger partial charge in [-0.2, -0.15) is 0 Å². The highest BCUT2D eigenvalue weighted by Crippen LogP contribution is 2.14. The number of carbonyl (C=O) groups excluding carboxylic acids is 1. The maximum absolute atomic E-state index is 12.1. The van der Waals surface area contributed by atoms with Crippen molar-refractivity contribution in [1.82, 2.24) is 5.32 Å². The van der Waals surface area contributed by atoms with Gasteiger partial charge < -0.3 is 5.32 Å². The summed E-state index contributed by atoms with van der Waals surface area (Å²) in [7, 11) is -3.34. The Morgan fingerprint density at radius 3 is 2.45 bits per heavy atom. The number of hydrogen-bond acceptors (Lipinski definition) is 3. The summed E-state index contributed by atoms with van der Waals surface area (Å²) < 4.78 is 24.2. The van der Waals surface area contributed by atoms with Crippen molar-refractivity contribution in [3.05, 3.63) is 42.0 Å². The minimum Gasteiger partial charge on any atom is -0.351 e. The van der Waals surface area contributed by atoms with Gasteiger partial charge >= 0.3 is 0 Å². The van der Waals surface area contributed by atoms with E-state index in [0.29, 0.717) is 4.90 Å². The molecule has 1 aromatic rings. The first-order valence-electron chi connectivity index (χ1n) is 6.16. The van der Waals surface area contributed by atoms with Crippen molar-refractivity contribution in [3.8, 4) is 0 Å². The maximum atomic E-state index is 12.1. The van der Waals surface area contributed by atoms with E-state index in [0.717, 1.165) is 5.57 Å². The molecule has 0 saturated heterocycles. The molecule has 0 aliphatic heterocycles. The van der Waals surface area contributed by atoms with Gasteiger partial charge in [-0.1, -0.05) is 39.7 Å². The lowest BCUT2D eigenvalue weighted by Crippen LogP contribution is -2.32. The van der Waals surface area contributed by atoms with Crippen LogP contribution in [0.2, 0.25) is 0 Å². The standard InChI is InChI=1S/C14H18BrNO3S/c1-11(2)8-14(17)16-9-12(15)10-20(18,19)13-6-4-3-5-7-13/h3-8,12H,9-10H2,1-2H3,(H,16,17). The second kappa shape index (κ2) is 7.59. The predicted octanol–water partition coefficient (Wildman–Crippen LogP) is 2.31. The van der Waals surface area contributed by atoms with Crippen LogP contribution in [0.25, 0.3) is 0 Å². The number of carbonyl (C=O) groups is 1. The van der Waals surface area contributed by atoms with Crippen molar-refractivity contribution in [2.45, 2.75) is 23.6 Å². The van der Waals surface area contributed by atoms with Gasteiger partial charge in [-0.3, -0.25) is 4.79 Å². The summed E-state index contributed by atoms with van der Waals surface area (Å²) in [6, 6.07) is 8.28. The van der Waals surface area contributed by atoms with Gasteiger partial charge in [0.25, 0.3) is 0 Å². The summed E-state index contributed by atoms with van der Waals surface area (Å²) in [4.78, 5) is 11.4. The lowest BCUT2D eigenvalue weighted by Gasteiger charge is -2.11. The molecule has 1 atom stereocenters. The first kappa shape index (κ1) is 16.9. The van der Waals surface area contributed by atoms with Gasteiger partial charge in [0.2, 0.25) is 5.91 Å². The van der Waals surface area contributed by atoms with Crippen LogP contribution in [0.5, 0.6) is 0 Å². The van der Waals surface area contributed by atoms with Crippen molar-refractivity contribution in [2.75, 3.05) is 12.3 Å². The molecule has 0 bridgehead atoms. The molecule has 0 fully saturated rings. The van der Waals surface area contributed by atoms with Crippen molar-refractivity contribution in [1.29, 1.82) is 0 Å². The van der Waals surface area contributed by atoms with Crippen LogP contribution in [0.15, 0.2) is 46.9 Å². The molecule has 0 aliphatic carbocycles. The van der Waals surface area contributed by atoms with E-state index in [-0.39, 0.29) is 23.0 Å². The highest BCUT2D eigenvalue weighted by atomic mass is 79.9. The van der Waals surface area contributed by atoms with E-state index in [1.54, 1.807) is 30.3 Å². The van der Waals surface area contributed by atoms with Crippen LogP contribution in [0.4, 0.5) is 0 Å². The lowest BCUT2D eigenvalue weighted by atomic mass is 10.3. The summed E-state index contributed by atoms with van der Waals surface area (Å²) in [6.07, 6.45) is 1.48. The molecule has 110 valence electrons. The molecule has 1 aromatic carbocycles. The summed E-state index contributed by atoms with van der Waals surface area (Å²) in [5.41, 5.74) is 0.894. The topological polar surface area (TPSA) is 63.2 Å². The van der Waals surface area contributed by atoms with Crippen LogP contribution in [0, 0.1) is 0 Å². The van der Waals surface area contributed by atoms with E-state index in [2.05, 4.69) is 21.2 Å². The molecular formula is C14H18BrNO3S. The first-order chi connectivity index (χ1) is 9.31. The second-order valence-corrected chi connectivity index (χ2v) is 7.99. The van der Waals surface area contributed by atoms with Crippen LogP contribution < -0.4 is 5.32 Å². The van der Waals surface area contributed by atoms with E-state index < -0.39 is 9.84 Å². The van der Waals surface area contributed by atoms with Crippen LogP contribution in [0.1, 0.15) is 13.8 Å². The number of allylic oxidation sites excluding steroid dienone is 1.